The van der Waals surface area contributed by atoms with Gasteiger partial charge in [0.15, 0.2) is 0 Å². The molecule has 19 heavy (non-hydrogen) atoms. The molecule has 0 spiro atoms. The molecule has 99 valence electrons. The minimum Gasteiger partial charge on any atom is -0.205 e. The third kappa shape index (κ3) is 2.92. The molecule has 0 aliphatic heterocycles. The number of alkyl halides is 5. The minimum atomic E-state index is -4.50. The topological polar surface area (TPSA) is 0 Å². The lowest BCUT2D eigenvalue weighted by atomic mass is 9.98. The maximum Gasteiger partial charge on any atom is 0.416 e. The van der Waals surface area contributed by atoms with E-state index in [0.717, 1.165) is 18.2 Å². The summed E-state index contributed by atoms with van der Waals surface area (Å²) in [6, 6.07) is 10.6. The molecule has 0 heterocycles. The highest BCUT2D eigenvalue weighted by Crippen LogP contribution is 2.35. The first kappa shape index (κ1) is 13.5. The summed E-state index contributed by atoms with van der Waals surface area (Å²) in [6.45, 7) is 0. The summed E-state index contributed by atoms with van der Waals surface area (Å²) in [5, 5.41) is 0. The van der Waals surface area contributed by atoms with Crippen LogP contribution in [-0.4, -0.2) is 0 Å². The largest absolute Gasteiger partial charge is 0.416 e. The lowest BCUT2D eigenvalue weighted by molar-refractivity contribution is -0.137. The summed E-state index contributed by atoms with van der Waals surface area (Å²) in [5.41, 5.74) is -1.00. The van der Waals surface area contributed by atoms with Crippen LogP contribution in [0.3, 0.4) is 0 Å². The van der Waals surface area contributed by atoms with Gasteiger partial charge in [0.05, 0.1) is 5.56 Å². The highest BCUT2D eigenvalue weighted by atomic mass is 19.4. The minimum absolute atomic E-state index is 0.0832. The van der Waals surface area contributed by atoms with Crippen molar-refractivity contribution in [1.29, 1.82) is 0 Å². The second-order valence-corrected chi connectivity index (χ2v) is 3.89. The van der Waals surface area contributed by atoms with Crippen LogP contribution in [0.4, 0.5) is 22.0 Å². The summed E-state index contributed by atoms with van der Waals surface area (Å²) < 4.78 is 63.4. The van der Waals surface area contributed by atoms with E-state index in [2.05, 4.69) is 6.07 Å². The van der Waals surface area contributed by atoms with E-state index in [-0.39, 0.29) is 16.7 Å². The Morgan fingerprint density at radius 1 is 1.05 bits per heavy atom. The van der Waals surface area contributed by atoms with Crippen molar-refractivity contribution in [3.63, 3.8) is 0 Å². The van der Waals surface area contributed by atoms with E-state index in [1.165, 1.54) is 24.3 Å². The van der Waals surface area contributed by atoms with Crippen LogP contribution in [0.2, 0.25) is 0 Å². The molecule has 2 aromatic carbocycles. The molecule has 0 nitrogen and oxygen atoms in total. The normalized spacial score (nSPS) is 11.9. The van der Waals surface area contributed by atoms with Gasteiger partial charge in [0, 0.05) is 5.56 Å². The smallest absolute Gasteiger partial charge is 0.205 e. The first-order valence-electron chi connectivity index (χ1n) is 5.35. The van der Waals surface area contributed by atoms with E-state index in [0.29, 0.717) is 0 Å². The fourth-order valence-corrected chi connectivity index (χ4v) is 1.75. The Hall–Kier alpha value is -1.91. The predicted molar refractivity (Wildman–Crippen MR) is 60.7 cm³/mol. The second kappa shape index (κ2) is 4.99. The number of hydrogen-bond donors (Lipinski definition) is 0. The summed E-state index contributed by atoms with van der Waals surface area (Å²) in [4.78, 5) is 0. The van der Waals surface area contributed by atoms with Gasteiger partial charge in [-0.1, -0.05) is 24.3 Å². The molecule has 0 fully saturated rings. The Morgan fingerprint density at radius 3 is 2.42 bits per heavy atom. The predicted octanol–water partition coefficient (Wildman–Crippen LogP) is 5.11. The zero-order chi connectivity index (χ0) is 14.0. The van der Waals surface area contributed by atoms with Crippen molar-refractivity contribution in [2.24, 2.45) is 0 Å². The zero-order valence-corrected chi connectivity index (χ0v) is 9.51. The van der Waals surface area contributed by atoms with Crippen LogP contribution < -0.4 is 0 Å². The fraction of sp³-hybridized carbons (Fsp3) is 0.143. The molecule has 0 unspecified atom stereocenters. The van der Waals surface area contributed by atoms with E-state index in [9.17, 15) is 22.0 Å². The maximum atomic E-state index is 12.8. The van der Waals surface area contributed by atoms with E-state index in [4.69, 9.17) is 0 Å². The lowest BCUT2D eigenvalue weighted by Crippen LogP contribution is -2.04. The van der Waals surface area contributed by atoms with Crippen LogP contribution in [0.25, 0.3) is 11.1 Å². The van der Waals surface area contributed by atoms with Gasteiger partial charge in [-0.2, -0.15) is 13.2 Å². The fourth-order valence-electron chi connectivity index (χ4n) is 1.75. The van der Waals surface area contributed by atoms with E-state index < -0.39 is 18.2 Å². The van der Waals surface area contributed by atoms with E-state index in [1.54, 1.807) is 0 Å². The number of rotatable bonds is 2. The molecule has 2 rings (SSSR count). The Labute approximate surface area is 106 Å². The van der Waals surface area contributed by atoms with Gasteiger partial charge in [0.1, 0.15) is 0 Å². The van der Waals surface area contributed by atoms with Crippen LogP contribution in [0.1, 0.15) is 17.6 Å². The molecule has 1 radical (unpaired) electrons. The molecule has 0 bridgehead atoms. The number of hydrogen-bond acceptors (Lipinski definition) is 0. The van der Waals surface area contributed by atoms with Crippen molar-refractivity contribution >= 4 is 0 Å². The van der Waals surface area contributed by atoms with Crippen LogP contribution in [0, 0.1) is 6.07 Å². The molecule has 0 N–H and O–H groups in total. The quantitative estimate of drug-likeness (QED) is 0.666. The Kier molecular flexibility index (Phi) is 3.55. The molecule has 0 aromatic heterocycles. The van der Waals surface area contributed by atoms with Gasteiger partial charge in [-0.15, -0.1) is 0 Å². The summed E-state index contributed by atoms with van der Waals surface area (Å²) in [7, 11) is 0. The molecule has 0 amide bonds. The van der Waals surface area contributed by atoms with Crippen molar-refractivity contribution in [2.75, 3.05) is 0 Å². The van der Waals surface area contributed by atoms with Crippen molar-refractivity contribution in [2.45, 2.75) is 12.6 Å². The Balaban J connectivity index is 2.54. The first-order valence-corrected chi connectivity index (χ1v) is 5.35. The Morgan fingerprint density at radius 2 is 1.79 bits per heavy atom. The van der Waals surface area contributed by atoms with Crippen molar-refractivity contribution in [1.82, 2.24) is 0 Å². The third-order valence-corrected chi connectivity index (χ3v) is 2.63. The number of halogens is 5. The summed E-state index contributed by atoms with van der Waals surface area (Å²) >= 11 is 0. The molecular formula is C14H8F5. The number of benzene rings is 2. The van der Waals surface area contributed by atoms with Crippen molar-refractivity contribution < 1.29 is 22.0 Å². The lowest BCUT2D eigenvalue weighted by Gasteiger charge is -2.11. The summed E-state index contributed by atoms with van der Waals surface area (Å²) in [6.07, 6.45) is -7.26. The van der Waals surface area contributed by atoms with Crippen molar-refractivity contribution in [3.8, 4) is 11.1 Å². The first-order chi connectivity index (χ1) is 8.89. The van der Waals surface area contributed by atoms with Gasteiger partial charge < -0.3 is 0 Å². The average Bonchev–Trinajstić information content (AvgIpc) is 2.38. The van der Waals surface area contributed by atoms with Crippen LogP contribution in [0.5, 0.6) is 0 Å². The van der Waals surface area contributed by atoms with E-state index in [1.807, 2.05) is 0 Å². The molecule has 0 aliphatic carbocycles. The molecular weight excluding hydrogens is 263 g/mol. The molecule has 2 aromatic rings. The van der Waals surface area contributed by atoms with Gasteiger partial charge in [-0.3, -0.25) is 0 Å². The maximum absolute atomic E-state index is 12.8. The van der Waals surface area contributed by atoms with Crippen LogP contribution in [0.15, 0.2) is 42.5 Å². The molecule has 0 saturated heterocycles. The van der Waals surface area contributed by atoms with Gasteiger partial charge >= 0.3 is 6.18 Å². The SMILES string of the molecule is FC(F)c1c[c]ccc1-c1cccc(C(F)(F)F)c1. The summed E-state index contributed by atoms with van der Waals surface area (Å²) in [5.74, 6) is 0. The molecule has 0 saturated carbocycles. The van der Waals surface area contributed by atoms with Gasteiger partial charge in [-0.25, -0.2) is 8.78 Å². The highest BCUT2D eigenvalue weighted by Gasteiger charge is 2.30. The van der Waals surface area contributed by atoms with Crippen molar-refractivity contribution in [3.05, 3.63) is 59.7 Å². The second-order valence-electron chi connectivity index (χ2n) is 3.89. The Bertz CT molecular complexity index is 572. The van der Waals surface area contributed by atoms with Gasteiger partial charge in [0.25, 0.3) is 6.43 Å². The van der Waals surface area contributed by atoms with Gasteiger partial charge in [-0.05, 0) is 35.4 Å². The average molecular weight is 271 g/mol. The van der Waals surface area contributed by atoms with Gasteiger partial charge in [0.2, 0.25) is 0 Å². The standard InChI is InChI=1S/C14H8F5/c15-13(16)12-7-2-1-6-11(12)9-4-3-5-10(8-9)14(17,18)19/h1,3-8,13H. The van der Waals surface area contributed by atoms with E-state index >= 15 is 0 Å². The third-order valence-electron chi connectivity index (χ3n) is 2.63. The molecule has 0 aliphatic rings. The molecule has 0 atom stereocenters. The molecule has 5 heteroatoms. The monoisotopic (exact) mass is 271 g/mol. The van der Waals surface area contributed by atoms with Crippen LogP contribution in [-0.2, 0) is 6.18 Å². The zero-order valence-electron chi connectivity index (χ0n) is 9.51. The van der Waals surface area contributed by atoms with Crippen LogP contribution >= 0.6 is 0 Å². The highest BCUT2D eigenvalue weighted by molar-refractivity contribution is 5.68.